The molecule has 6 nitrogen and oxygen atoms in total. The molecule has 0 aliphatic rings. The molecule has 0 spiro atoms. The van der Waals surface area contributed by atoms with E-state index in [2.05, 4.69) is 25.3 Å². The van der Waals surface area contributed by atoms with Gasteiger partial charge in [0.25, 0.3) is 0 Å². The molecule has 0 amide bonds. The van der Waals surface area contributed by atoms with Crippen LogP contribution in [0.3, 0.4) is 0 Å². The first-order valence-electron chi connectivity index (χ1n) is 7.80. The monoisotopic (exact) mass is 352 g/mol. The lowest BCUT2D eigenvalue weighted by Crippen LogP contribution is -2.36. The zero-order chi connectivity index (χ0) is 18.4. The number of alkyl halides is 2. The van der Waals surface area contributed by atoms with Gasteiger partial charge < -0.3 is 19.8 Å². The minimum atomic E-state index is -2.87. The zero-order valence-corrected chi connectivity index (χ0v) is 14.7. The Morgan fingerprint density at radius 1 is 1.24 bits per heavy atom. The van der Waals surface area contributed by atoms with Crippen molar-refractivity contribution in [3.8, 4) is 5.75 Å². The van der Waals surface area contributed by atoms with E-state index in [-0.39, 0.29) is 12.3 Å². The van der Waals surface area contributed by atoms with Crippen LogP contribution < -0.4 is 15.4 Å². The van der Waals surface area contributed by atoms with E-state index >= 15 is 0 Å². The van der Waals surface area contributed by atoms with Gasteiger partial charge in [-0.3, -0.25) is 4.99 Å². The predicted octanol–water partition coefficient (Wildman–Crippen LogP) is 3.07. The Morgan fingerprint density at radius 2 is 1.96 bits per heavy atom. The fraction of sp³-hybridized carbons (Fsp3) is 0.412. The van der Waals surface area contributed by atoms with Gasteiger partial charge in [0.15, 0.2) is 5.96 Å². The Bertz CT molecular complexity index is 725. The molecule has 0 unspecified atom stereocenters. The van der Waals surface area contributed by atoms with Crippen LogP contribution in [0.15, 0.2) is 27.6 Å². The van der Waals surface area contributed by atoms with Gasteiger partial charge in [-0.25, -0.2) is 4.98 Å². The van der Waals surface area contributed by atoms with Gasteiger partial charge in [0, 0.05) is 19.2 Å². The summed E-state index contributed by atoms with van der Waals surface area (Å²) >= 11 is 0. The lowest BCUT2D eigenvalue weighted by Gasteiger charge is -2.14. The number of oxazole rings is 1. The molecule has 0 aliphatic heterocycles. The van der Waals surface area contributed by atoms with Gasteiger partial charge >= 0.3 is 6.61 Å². The molecule has 2 aromatic rings. The number of ether oxygens (including phenoxy) is 1. The summed E-state index contributed by atoms with van der Waals surface area (Å²) in [5, 5.41) is 6.13. The first-order valence-corrected chi connectivity index (χ1v) is 7.80. The summed E-state index contributed by atoms with van der Waals surface area (Å²) in [7, 11) is 1.62. The van der Waals surface area contributed by atoms with E-state index in [0.29, 0.717) is 24.0 Å². The van der Waals surface area contributed by atoms with Crippen molar-refractivity contribution in [2.24, 2.45) is 4.99 Å². The molecule has 0 saturated heterocycles. The van der Waals surface area contributed by atoms with Crippen molar-refractivity contribution in [1.82, 2.24) is 15.6 Å². The first-order chi connectivity index (χ1) is 11.9. The molecule has 0 atom stereocenters. The average molecular weight is 352 g/mol. The van der Waals surface area contributed by atoms with Crippen molar-refractivity contribution in [2.75, 3.05) is 7.05 Å². The topological polar surface area (TPSA) is 71.7 Å². The number of aryl methyl sites for hydroxylation is 3. The standard InChI is InChI=1S/C17H22F2N4O2/c1-10-5-6-14(25-16(18)19)13(7-10)8-21-17(20-4)22-9-15-23-11(2)12(3)24-15/h5-7,16H,8-9H2,1-4H3,(H2,20,21,22). The summed E-state index contributed by atoms with van der Waals surface area (Å²) in [6.07, 6.45) is 0. The molecule has 25 heavy (non-hydrogen) atoms. The van der Waals surface area contributed by atoms with Crippen molar-refractivity contribution in [3.05, 3.63) is 46.7 Å². The van der Waals surface area contributed by atoms with E-state index < -0.39 is 6.61 Å². The number of rotatable bonds is 6. The second-order valence-electron chi connectivity index (χ2n) is 5.52. The maximum Gasteiger partial charge on any atom is 0.387 e. The van der Waals surface area contributed by atoms with Crippen LogP contribution >= 0.6 is 0 Å². The van der Waals surface area contributed by atoms with Crippen LogP contribution in [-0.4, -0.2) is 24.6 Å². The van der Waals surface area contributed by atoms with Gasteiger partial charge in [0.1, 0.15) is 11.5 Å². The summed E-state index contributed by atoms with van der Waals surface area (Å²) in [5.74, 6) is 1.96. The molecule has 136 valence electrons. The molecule has 1 heterocycles. The van der Waals surface area contributed by atoms with Gasteiger partial charge in [-0.15, -0.1) is 0 Å². The van der Waals surface area contributed by atoms with E-state index in [1.165, 1.54) is 6.07 Å². The highest BCUT2D eigenvalue weighted by Gasteiger charge is 2.11. The maximum atomic E-state index is 12.5. The summed E-state index contributed by atoms with van der Waals surface area (Å²) in [4.78, 5) is 8.37. The smallest absolute Gasteiger partial charge is 0.387 e. The number of hydrogen-bond donors (Lipinski definition) is 2. The molecular formula is C17H22F2N4O2. The van der Waals surface area contributed by atoms with E-state index in [4.69, 9.17) is 4.42 Å². The number of halogens is 2. The van der Waals surface area contributed by atoms with E-state index in [9.17, 15) is 8.78 Å². The van der Waals surface area contributed by atoms with Crippen molar-refractivity contribution < 1.29 is 17.9 Å². The molecule has 0 aliphatic carbocycles. The molecule has 8 heteroatoms. The largest absolute Gasteiger partial charge is 0.444 e. The Hall–Kier alpha value is -2.64. The third-order valence-corrected chi connectivity index (χ3v) is 3.58. The summed E-state index contributed by atoms with van der Waals surface area (Å²) in [6.45, 7) is 3.39. The van der Waals surface area contributed by atoms with Gasteiger partial charge in [-0.2, -0.15) is 8.78 Å². The van der Waals surface area contributed by atoms with Crippen LogP contribution in [0.4, 0.5) is 8.78 Å². The van der Waals surface area contributed by atoms with E-state index in [0.717, 1.165) is 17.0 Å². The number of benzene rings is 1. The van der Waals surface area contributed by atoms with E-state index in [1.54, 1.807) is 19.2 Å². The number of nitrogens with zero attached hydrogens (tertiary/aromatic N) is 2. The van der Waals surface area contributed by atoms with Crippen molar-refractivity contribution in [1.29, 1.82) is 0 Å². The second kappa shape index (κ2) is 8.46. The normalized spacial score (nSPS) is 11.7. The average Bonchev–Trinajstić information content (AvgIpc) is 2.88. The number of nitrogens with one attached hydrogen (secondary N) is 2. The Kier molecular flexibility index (Phi) is 6.32. The molecular weight excluding hydrogens is 330 g/mol. The van der Waals surface area contributed by atoms with Crippen molar-refractivity contribution in [3.63, 3.8) is 0 Å². The molecule has 1 aromatic heterocycles. The Labute approximate surface area is 145 Å². The first kappa shape index (κ1) is 18.7. The molecule has 2 rings (SSSR count). The van der Waals surface area contributed by atoms with E-state index in [1.807, 2.05) is 20.8 Å². The minimum absolute atomic E-state index is 0.141. The summed E-state index contributed by atoms with van der Waals surface area (Å²) in [5.41, 5.74) is 2.41. The van der Waals surface area contributed by atoms with Crippen LogP contribution in [0.25, 0.3) is 0 Å². The van der Waals surface area contributed by atoms with Crippen LogP contribution in [0.2, 0.25) is 0 Å². The predicted molar refractivity (Wildman–Crippen MR) is 90.8 cm³/mol. The summed E-state index contributed by atoms with van der Waals surface area (Å²) < 4.78 is 35.1. The molecule has 0 radical (unpaired) electrons. The van der Waals surface area contributed by atoms with Crippen molar-refractivity contribution >= 4 is 5.96 Å². The third-order valence-electron chi connectivity index (χ3n) is 3.58. The van der Waals surface area contributed by atoms with Gasteiger partial charge in [-0.05, 0) is 26.8 Å². The highest BCUT2D eigenvalue weighted by Crippen LogP contribution is 2.22. The highest BCUT2D eigenvalue weighted by atomic mass is 19.3. The lowest BCUT2D eigenvalue weighted by molar-refractivity contribution is -0.0504. The maximum absolute atomic E-state index is 12.5. The highest BCUT2D eigenvalue weighted by molar-refractivity contribution is 5.79. The van der Waals surface area contributed by atoms with Gasteiger partial charge in [0.05, 0.1) is 12.2 Å². The number of aliphatic imine (C=N–C) groups is 1. The Morgan fingerprint density at radius 3 is 2.56 bits per heavy atom. The van der Waals surface area contributed by atoms with Crippen LogP contribution in [-0.2, 0) is 13.1 Å². The fourth-order valence-corrected chi connectivity index (χ4v) is 2.23. The van der Waals surface area contributed by atoms with Crippen molar-refractivity contribution in [2.45, 2.75) is 40.5 Å². The molecule has 0 saturated carbocycles. The van der Waals surface area contributed by atoms with Gasteiger partial charge in [-0.1, -0.05) is 17.7 Å². The zero-order valence-electron chi connectivity index (χ0n) is 14.7. The molecule has 1 aromatic carbocycles. The quantitative estimate of drug-likeness (QED) is 0.618. The number of aromatic nitrogens is 1. The third kappa shape index (κ3) is 5.44. The fourth-order valence-electron chi connectivity index (χ4n) is 2.23. The van der Waals surface area contributed by atoms with Crippen LogP contribution in [0.5, 0.6) is 5.75 Å². The van der Waals surface area contributed by atoms with Gasteiger partial charge in [0.2, 0.25) is 5.89 Å². The SMILES string of the molecule is CN=C(NCc1nc(C)c(C)o1)NCc1cc(C)ccc1OC(F)F. The molecule has 0 bridgehead atoms. The number of hydrogen-bond acceptors (Lipinski definition) is 4. The molecule has 2 N–H and O–H groups in total. The summed E-state index contributed by atoms with van der Waals surface area (Å²) in [6, 6.07) is 5.05. The van der Waals surface area contributed by atoms with Crippen LogP contribution in [0.1, 0.15) is 28.5 Å². The minimum Gasteiger partial charge on any atom is -0.444 e. The number of guanidine groups is 1. The Balaban J connectivity index is 1.97. The lowest BCUT2D eigenvalue weighted by atomic mass is 10.1. The molecule has 0 fully saturated rings. The second-order valence-corrected chi connectivity index (χ2v) is 5.52. The van der Waals surface area contributed by atoms with Crippen LogP contribution in [0, 0.1) is 20.8 Å².